The van der Waals surface area contributed by atoms with Gasteiger partial charge in [-0.15, -0.1) is 0 Å². The van der Waals surface area contributed by atoms with Crippen LogP contribution in [0.4, 0.5) is 14.6 Å². The van der Waals surface area contributed by atoms with Gasteiger partial charge in [-0.1, -0.05) is 5.57 Å². The van der Waals surface area contributed by atoms with E-state index in [9.17, 15) is 22.3 Å². The fraction of sp³-hybridized carbons (Fsp3) is 0.467. The molecule has 3 saturated heterocycles. The molecule has 3 atom stereocenters. The molecule has 2 aromatic heterocycles. The van der Waals surface area contributed by atoms with E-state index in [4.69, 9.17) is 0 Å². The Kier molecular flexibility index (Phi) is 6.92. The number of aliphatic hydroxyl groups excluding tert-OH is 1. The molecule has 9 nitrogen and oxygen atoms in total. The lowest BCUT2D eigenvalue weighted by Gasteiger charge is -2.47. The summed E-state index contributed by atoms with van der Waals surface area (Å²) in [7, 11) is -3.84. The van der Waals surface area contributed by atoms with Gasteiger partial charge in [-0.2, -0.15) is 9.40 Å². The van der Waals surface area contributed by atoms with Gasteiger partial charge in [0.25, 0.3) is 0 Å². The minimum atomic E-state index is -3.84. The molecular formula is C30H34F2N6O3S. The summed E-state index contributed by atoms with van der Waals surface area (Å²) in [5, 5.41) is 14.9. The number of likely N-dealkylation sites (tertiary alicyclic amines) is 1. The van der Waals surface area contributed by atoms with Crippen LogP contribution >= 0.6 is 0 Å². The zero-order chi connectivity index (χ0) is 29.1. The Labute approximate surface area is 244 Å². The van der Waals surface area contributed by atoms with E-state index in [0.29, 0.717) is 64.2 Å². The number of rotatable bonds is 6. The van der Waals surface area contributed by atoms with Gasteiger partial charge in [-0.25, -0.2) is 26.9 Å². The molecule has 0 spiro atoms. The summed E-state index contributed by atoms with van der Waals surface area (Å²) in [4.78, 5) is 8.58. The first-order valence-electron chi connectivity index (χ1n) is 14.5. The molecule has 1 aliphatic carbocycles. The summed E-state index contributed by atoms with van der Waals surface area (Å²) in [6, 6.07) is 9.46. The SMILES string of the molecule is O=S(=O)(c1ccc(N2CC[C@@H](F)C2)nc1)N1CCC2=Cc3c(cnn3-c3ccc(F)cc3)C[C@]2(CN2CC[C@H](O)C2)C1. The number of β-amino-alcohol motifs (C(OH)–C–C–N with tert-alkyl or cyclic N) is 1. The monoisotopic (exact) mass is 596 g/mol. The summed E-state index contributed by atoms with van der Waals surface area (Å²) in [6.07, 6.45) is 6.37. The molecule has 1 N–H and O–H groups in total. The van der Waals surface area contributed by atoms with Crippen molar-refractivity contribution in [3.8, 4) is 5.69 Å². The molecule has 12 heteroatoms. The van der Waals surface area contributed by atoms with E-state index in [1.54, 1.807) is 28.6 Å². The van der Waals surface area contributed by atoms with Crippen molar-refractivity contribution in [2.45, 2.75) is 42.9 Å². The van der Waals surface area contributed by atoms with Crippen molar-refractivity contribution in [3.63, 3.8) is 0 Å². The largest absolute Gasteiger partial charge is 0.392 e. The fourth-order valence-corrected chi connectivity index (χ4v) is 8.48. The van der Waals surface area contributed by atoms with Crippen molar-refractivity contribution in [2.24, 2.45) is 5.41 Å². The lowest BCUT2D eigenvalue weighted by molar-refractivity contribution is 0.126. The van der Waals surface area contributed by atoms with Crippen molar-refractivity contribution < 1.29 is 22.3 Å². The van der Waals surface area contributed by atoms with Crippen molar-refractivity contribution in [1.82, 2.24) is 24.0 Å². The van der Waals surface area contributed by atoms with E-state index < -0.39 is 21.6 Å². The van der Waals surface area contributed by atoms with Gasteiger partial charge < -0.3 is 10.0 Å². The second-order valence-corrected chi connectivity index (χ2v) is 14.0. The van der Waals surface area contributed by atoms with Gasteiger partial charge in [0.15, 0.2) is 0 Å². The summed E-state index contributed by atoms with van der Waals surface area (Å²) < 4.78 is 58.5. The van der Waals surface area contributed by atoms with Crippen LogP contribution in [0.25, 0.3) is 11.8 Å². The maximum Gasteiger partial charge on any atom is 0.244 e. The van der Waals surface area contributed by atoms with Gasteiger partial charge in [-0.05, 0) is 73.7 Å². The maximum absolute atomic E-state index is 13.9. The number of halogens is 2. The molecule has 42 heavy (non-hydrogen) atoms. The first kappa shape index (κ1) is 27.6. The average molecular weight is 597 g/mol. The summed E-state index contributed by atoms with van der Waals surface area (Å²) in [5.41, 5.74) is 3.37. The van der Waals surface area contributed by atoms with Crippen LogP contribution in [0.5, 0.6) is 0 Å². The average Bonchev–Trinajstić information content (AvgIpc) is 3.71. The number of fused-ring (bicyclic) bond motifs is 2. The highest BCUT2D eigenvalue weighted by molar-refractivity contribution is 7.89. The number of nitrogens with zero attached hydrogens (tertiary/aromatic N) is 6. The summed E-state index contributed by atoms with van der Waals surface area (Å²) in [6.45, 7) is 3.40. The molecule has 7 rings (SSSR count). The van der Waals surface area contributed by atoms with E-state index in [2.05, 4.69) is 21.1 Å². The fourth-order valence-electron chi connectivity index (χ4n) is 7.01. The third-order valence-electron chi connectivity index (χ3n) is 9.17. The smallest absolute Gasteiger partial charge is 0.244 e. The molecule has 3 fully saturated rings. The van der Waals surface area contributed by atoms with Gasteiger partial charge in [0.1, 0.15) is 22.7 Å². The van der Waals surface area contributed by atoms with Crippen LogP contribution in [0.1, 0.15) is 30.5 Å². The molecule has 3 aliphatic heterocycles. The van der Waals surface area contributed by atoms with Gasteiger partial charge in [0.05, 0.1) is 30.2 Å². The lowest BCUT2D eigenvalue weighted by atomic mass is 9.68. The molecular weight excluding hydrogens is 562 g/mol. The molecule has 0 saturated carbocycles. The summed E-state index contributed by atoms with van der Waals surface area (Å²) >= 11 is 0. The quantitative estimate of drug-likeness (QED) is 0.468. The van der Waals surface area contributed by atoms with Gasteiger partial charge in [0.2, 0.25) is 10.0 Å². The number of alkyl halides is 1. The number of aliphatic hydroxyl groups is 1. The number of sulfonamides is 1. The van der Waals surface area contributed by atoms with E-state index in [-0.39, 0.29) is 23.4 Å². The molecule has 3 aromatic rings. The van der Waals surface area contributed by atoms with E-state index in [0.717, 1.165) is 29.1 Å². The van der Waals surface area contributed by atoms with Crippen molar-refractivity contribution >= 4 is 21.9 Å². The number of pyridine rings is 1. The molecule has 0 unspecified atom stereocenters. The predicted molar refractivity (Wildman–Crippen MR) is 154 cm³/mol. The first-order chi connectivity index (χ1) is 20.2. The number of anilines is 1. The van der Waals surface area contributed by atoms with Crippen LogP contribution in [0, 0.1) is 11.2 Å². The highest BCUT2D eigenvalue weighted by Crippen LogP contribution is 2.46. The van der Waals surface area contributed by atoms with Crippen molar-refractivity contribution in [1.29, 1.82) is 0 Å². The third-order valence-corrected chi connectivity index (χ3v) is 11.0. The Morgan fingerprint density at radius 2 is 1.86 bits per heavy atom. The minimum absolute atomic E-state index is 0.127. The number of piperidine rings is 1. The molecule has 4 aliphatic rings. The number of benzene rings is 1. The van der Waals surface area contributed by atoms with Crippen molar-refractivity contribution in [2.75, 3.05) is 50.7 Å². The Bertz CT molecular complexity index is 1610. The van der Waals surface area contributed by atoms with Crippen LogP contribution < -0.4 is 4.90 Å². The Morgan fingerprint density at radius 3 is 2.55 bits per heavy atom. The van der Waals surface area contributed by atoms with Crippen LogP contribution in [-0.4, -0.2) is 95.6 Å². The minimum Gasteiger partial charge on any atom is -0.392 e. The zero-order valence-electron chi connectivity index (χ0n) is 23.2. The highest BCUT2D eigenvalue weighted by atomic mass is 32.2. The second kappa shape index (κ2) is 10.5. The molecule has 1 aromatic carbocycles. The Hall–Kier alpha value is -3.19. The Balaban J connectivity index is 1.19. The molecule has 0 radical (unpaired) electrons. The zero-order valence-corrected chi connectivity index (χ0v) is 24.1. The number of hydrogen-bond donors (Lipinski definition) is 1. The first-order valence-corrected chi connectivity index (χ1v) is 15.9. The van der Waals surface area contributed by atoms with Crippen LogP contribution in [0.15, 0.2) is 59.3 Å². The lowest BCUT2D eigenvalue weighted by Crippen LogP contribution is -2.53. The van der Waals surface area contributed by atoms with Crippen LogP contribution in [0.3, 0.4) is 0 Å². The van der Waals surface area contributed by atoms with E-state index in [1.807, 2.05) is 15.8 Å². The van der Waals surface area contributed by atoms with Gasteiger partial charge in [-0.3, -0.25) is 4.90 Å². The molecule has 222 valence electrons. The maximum atomic E-state index is 13.9. The predicted octanol–water partition coefficient (Wildman–Crippen LogP) is 3.04. The van der Waals surface area contributed by atoms with Crippen molar-refractivity contribution in [3.05, 3.63) is 71.4 Å². The normalized spacial score (nSPS) is 26.7. The third kappa shape index (κ3) is 4.93. The topological polar surface area (TPSA) is 94.8 Å². The van der Waals surface area contributed by atoms with Crippen LogP contribution in [-0.2, 0) is 16.4 Å². The van der Waals surface area contributed by atoms with Gasteiger partial charge in [0, 0.05) is 50.9 Å². The molecule has 5 heterocycles. The molecule has 0 amide bonds. The van der Waals surface area contributed by atoms with E-state index in [1.165, 1.54) is 18.3 Å². The Morgan fingerprint density at radius 1 is 1.02 bits per heavy atom. The van der Waals surface area contributed by atoms with Gasteiger partial charge >= 0.3 is 0 Å². The number of aromatic nitrogens is 3. The van der Waals surface area contributed by atoms with Crippen LogP contribution in [0.2, 0.25) is 0 Å². The summed E-state index contributed by atoms with van der Waals surface area (Å²) in [5.74, 6) is 0.271. The van der Waals surface area contributed by atoms with E-state index >= 15 is 0 Å². The highest BCUT2D eigenvalue weighted by Gasteiger charge is 2.47. The second-order valence-electron chi connectivity index (χ2n) is 12.0. The molecule has 0 bridgehead atoms. The standard InChI is InChI=1S/C30H34F2N6O3S/c31-23-1-3-25(4-2-23)38-28-13-22-7-12-37(20-30(22,14-21(28)15-34-38)19-35-10-9-26(39)18-35)42(40,41)27-5-6-29(33-16-27)36-11-8-24(32)17-36/h1-6,13,15-16,24,26,39H,7-12,14,17-20H2/t24-,26+,30+/m1/s1. The number of hydrogen-bond acceptors (Lipinski definition) is 7.